The predicted molar refractivity (Wildman–Crippen MR) is 211 cm³/mol. The molecule has 0 N–H and O–H groups in total. The number of fused-ring (bicyclic) bond motifs is 10. The fourth-order valence-corrected chi connectivity index (χ4v) is 8.58. The van der Waals surface area contributed by atoms with Crippen molar-refractivity contribution in [2.24, 2.45) is 0 Å². The largest absolute Gasteiger partial charge is 0.455 e. The molecule has 0 unspecified atom stereocenters. The number of nitrogens with zero attached hydrogens (tertiary/aromatic N) is 4. The Labute approximate surface area is 295 Å². The topological polar surface area (TPSA) is 56.7 Å². The Balaban J connectivity index is 1.12. The summed E-state index contributed by atoms with van der Waals surface area (Å²) in [5.41, 5.74) is 7.88. The Morgan fingerprint density at radius 2 is 1.08 bits per heavy atom. The Morgan fingerprint density at radius 3 is 1.84 bits per heavy atom. The third-order valence-electron chi connectivity index (χ3n) is 9.85. The first kappa shape index (κ1) is 28.2. The molecule has 51 heavy (non-hydrogen) atoms. The van der Waals surface area contributed by atoms with Crippen LogP contribution in [0.1, 0.15) is 0 Å². The molecule has 7 aromatic carbocycles. The van der Waals surface area contributed by atoms with Crippen molar-refractivity contribution in [2.75, 3.05) is 0 Å². The van der Waals surface area contributed by atoms with Crippen LogP contribution in [0, 0.1) is 0 Å². The van der Waals surface area contributed by atoms with Gasteiger partial charge in [-0.15, -0.1) is 11.3 Å². The average Bonchev–Trinajstić information content (AvgIpc) is 3.87. The van der Waals surface area contributed by atoms with Crippen molar-refractivity contribution in [3.8, 4) is 39.9 Å². The molecule has 0 aliphatic rings. The van der Waals surface area contributed by atoms with Gasteiger partial charge in [0.2, 0.25) is 0 Å². The summed E-state index contributed by atoms with van der Waals surface area (Å²) in [7, 11) is 0. The van der Waals surface area contributed by atoms with E-state index < -0.39 is 0 Å². The molecule has 0 radical (unpaired) electrons. The van der Waals surface area contributed by atoms with Gasteiger partial charge in [-0.25, -0.2) is 15.0 Å². The Morgan fingerprint density at radius 1 is 0.431 bits per heavy atom. The number of hydrogen-bond donors (Lipinski definition) is 0. The van der Waals surface area contributed by atoms with Crippen molar-refractivity contribution in [1.29, 1.82) is 0 Å². The summed E-state index contributed by atoms with van der Waals surface area (Å²) in [4.78, 5) is 14.8. The van der Waals surface area contributed by atoms with E-state index in [9.17, 15) is 0 Å². The molecule has 0 fully saturated rings. The van der Waals surface area contributed by atoms with Crippen molar-refractivity contribution < 1.29 is 4.42 Å². The van der Waals surface area contributed by atoms with Gasteiger partial charge in [-0.1, -0.05) is 97.1 Å². The fraction of sp³-hybridized carbons (Fsp3) is 0. The summed E-state index contributed by atoms with van der Waals surface area (Å²) in [6.45, 7) is 0. The summed E-state index contributed by atoms with van der Waals surface area (Å²) in [6.07, 6.45) is 0. The number of rotatable bonds is 4. The number of para-hydroxylation sites is 1. The van der Waals surface area contributed by atoms with Gasteiger partial charge in [0.15, 0.2) is 17.5 Å². The first-order valence-corrected chi connectivity index (χ1v) is 17.8. The normalized spacial score (nSPS) is 11.9. The maximum Gasteiger partial charge on any atom is 0.164 e. The van der Waals surface area contributed by atoms with Crippen LogP contribution in [0.4, 0.5) is 0 Å². The molecule has 0 aliphatic heterocycles. The minimum atomic E-state index is 0.619. The standard InChI is InChI=1S/C45H26N4OS/c1-3-11-27(12-4-1)43-46-44(28-13-5-2-6-14-28)48-45(47-43)29-19-23-38-34(25-29)32-21-22-37-41(42(32)50-38)33-16-7-9-17-36(33)49(37)30-20-24-40-35(26-30)31-15-8-10-18-39(31)51-40/h1-26H. The Hall–Kier alpha value is -6.63. The van der Waals surface area contributed by atoms with Crippen molar-refractivity contribution in [3.63, 3.8) is 0 Å². The summed E-state index contributed by atoms with van der Waals surface area (Å²) < 4.78 is 11.7. The van der Waals surface area contributed by atoms with Gasteiger partial charge >= 0.3 is 0 Å². The molecular weight excluding hydrogens is 645 g/mol. The zero-order chi connectivity index (χ0) is 33.5. The Kier molecular flexibility index (Phi) is 6.05. The number of hydrogen-bond acceptors (Lipinski definition) is 5. The van der Waals surface area contributed by atoms with E-state index in [1.165, 1.54) is 20.2 Å². The molecule has 4 aromatic heterocycles. The van der Waals surface area contributed by atoms with Gasteiger partial charge in [-0.05, 0) is 60.7 Å². The second-order valence-electron chi connectivity index (χ2n) is 12.8. The van der Waals surface area contributed by atoms with Crippen LogP contribution in [0.15, 0.2) is 162 Å². The molecule has 11 aromatic rings. The third-order valence-corrected chi connectivity index (χ3v) is 11.0. The predicted octanol–water partition coefficient (Wildman–Crippen LogP) is 12.2. The maximum atomic E-state index is 6.75. The quantitative estimate of drug-likeness (QED) is 0.187. The highest BCUT2D eigenvalue weighted by molar-refractivity contribution is 7.25. The van der Waals surface area contributed by atoms with Crippen LogP contribution in [0.25, 0.3) is 104 Å². The van der Waals surface area contributed by atoms with Gasteiger partial charge in [-0.2, -0.15) is 0 Å². The van der Waals surface area contributed by atoms with E-state index in [2.05, 4.69) is 89.5 Å². The molecule has 0 saturated heterocycles. The Bertz CT molecular complexity index is 3080. The second kappa shape index (κ2) is 10.9. The molecule has 0 aliphatic carbocycles. The van der Waals surface area contributed by atoms with Crippen molar-refractivity contribution in [2.45, 2.75) is 0 Å². The lowest BCUT2D eigenvalue weighted by molar-refractivity contribution is 0.673. The van der Waals surface area contributed by atoms with Crippen LogP contribution in [-0.2, 0) is 0 Å². The van der Waals surface area contributed by atoms with Crippen LogP contribution < -0.4 is 0 Å². The smallest absolute Gasteiger partial charge is 0.164 e. The molecule has 0 atom stereocenters. The molecule has 0 spiro atoms. The summed E-state index contributed by atoms with van der Waals surface area (Å²) in [5, 5.41) is 6.91. The van der Waals surface area contributed by atoms with Gasteiger partial charge in [0.1, 0.15) is 11.2 Å². The van der Waals surface area contributed by atoms with Crippen LogP contribution in [0.5, 0.6) is 0 Å². The second-order valence-corrected chi connectivity index (χ2v) is 13.9. The number of thiophene rings is 1. The number of furan rings is 1. The first-order chi connectivity index (χ1) is 25.3. The highest BCUT2D eigenvalue weighted by Crippen LogP contribution is 2.42. The fourth-order valence-electron chi connectivity index (χ4n) is 7.49. The molecule has 4 heterocycles. The zero-order valence-corrected chi connectivity index (χ0v) is 27.9. The van der Waals surface area contributed by atoms with Gasteiger partial charge in [0, 0.05) is 58.7 Å². The van der Waals surface area contributed by atoms with Gasteiger partial charge in [-0.3, -0.25) is 0 Å². The van der Waals surface area contributed by atoms with Crippen molar-refractivity contribution in [1.82, 2.24) is 19.5 Å². The molecular formula is C45H26N4OS. The lowest BCUT2D eigenvalue weighted by Crippen LogP contribution is -2.00. The first-order valence-electron chi connectivity index (χ1n) is 16.9. The van der Waals surface area contributed by atoms with Gasteiger partial charge in [0.25, 0.3) is 0 Å². The molecule has 5 nitrogen and oxygen atoms in total. The van der Waals surface area contributed by atoms with E-state index in [1.54, 1.807) is 0 Å². The highest BCUT2D eigenvalue weighted by atomic mass is 32.1. The summed E-state index contributed by atoms with van der Waals surface area (Å²) >= 11 is 1.84. The molecule has 6 heteroatoms. The van der Waals surface area contributed by atoms with Crippen molar-refractivity contribution >= 4 is 75.3 Å². The molecule has 0 bridgehead atoms. The monoisotopic (exact) mass is 670 g/mol. The molecule has 0 saturated carbocycles. The van der Waals surface area contributed by atoms with Gasteiger partial charge in [0.05, 0.1) is 16.4 Å². The van der Waals surface area contributed by atoms with Crippen LogP contribution in [-0.4, -0.2) is 19.5 Å². The lowest BCUT2D eigenvalue weighted by Gasteiger charge is -2.08. The van der Waals surface area contributed by atoms with E-state index in [0.29, 0.717) is 17.5 Å². The van der Waals surface area contributed by atoms with E-state index in [-0.39, 0.29) is 0 Å². The molecule has 11 rings (SSSR count). The summed E-state index contributed by atoms with van der Waals surface area (Å²) in [6, 6.07) is 54.9. The van der Waals surface area contributed by atoms with Crippen LogP contribution >= 0.6 is 11.3 Å². The van der Waals surface area contributed by atoms with E-state index in [0.717, 1.165) is 66.1 Å². The minimum absolute atomic E-state index is 0.619. The van der Waals surface area contributed by atoms with Crippen LogP contribution in [0.2, 0.25) is 0 Å². The maximum absolute atomic E-state index is 6.75. The molecule has 0 amide bonds. The van der Waals surface area contributed by atoms with E-state index in [1.807, 2.05) is 84.1 Å². The van der Waals surface area contributed by atoms with Gasteiger partial charge < -0.3 is 8.98 Å². The number of benzene rings is 7. The third kappa shape index (κ3) is 4.37. The van der Waals surface area contributed by atoms with E-state index >= 15 is 0 Å². The van der Waals surface area contributed by atoms with E-state index in [4.69, 9.17) is 19.4 Å². The summed E-state index contributed by atoms with van der Waals surface area (Å²) in [5.74, 6) is 1.90. The SMILES string of the molecule is c1ccc(-c2nc(-c3ccccc3)nc(-c3ccc4oc5c(ccc6c5c5ccccc5n6-c5ccc6sc7ccccc7c6c5)c4c3)n2)cc1. The van der Waals surface area contributed by atoms with Crippen LogP contribution in [0.3, 0.4) is 0 Å². The minimum Gasteiger partial charge on any atom is -0.455 e. The highest BCUT2D eigenvalue weighted by Gasteiger charge is 2.20. The lowest BCUT2D eigenvalue weighted by atomic mass is 10.1. The molecule has 238 valence electrons. The van der Waals surface area contributed by atoms with Crippen molar-refractivity contribution in [3.05, 3.63) is 158 Å². The average molecular weight is 671 g/mol. The number of aromatic nitrogens is 4. The zero-order valence-electron chi connectivity index (χ0n) is 27.1.